The van der Waals surface area contributed by atoms with Crippen LogP contribution in [0.4, 0.5) is 0 Å². The standard InChI is InChI=1S/C21H20ClNO6/c22-15-7-5-14(6-8-15)17(24)9-10-21(26)28-13-20(25)23-11-16-12-27-18-3-1-2-4-19(18)29-16/h1-8,16H,9-13H2,(H,23,25)/t16-/m0/s1. The molecule has 1 aliphatic heterocycles. The lowest BCUT2D eigenvalue weighted by atomic mass is 10.1. The monoisotopic (exact) mass is 417 g/mol. The molecule has 3 rings (SSSR count). The Kier molecular flexibility index (Phi) is 7.08. The SMILES string of the molecule is O=C(COC(=O)CCC(=O)c1ccc(Cl)cc1)NC[C@H]1COc2ccccc2O1. The smallest absolute Gasteiger partial charge is 0.306 e. The van der Waals surface area contributed by atoms with Crippen LogP contribution < -0.4 is 14.8 Å². The fourth-order valence-corrected chi connectivity index (χ4v) is 2.78. The number of Topliss-reactive ketones (excluding diaryl/α,β-unsaturated/α-hetero) is 1. The number of ketones is 1. The van der Waals surface area contributed by atoms with Gasteiger partial charge in [0.2, 0.25) is 0 Å². The number of esters is 1. The summed E-state index contributed by atoms with van der Waals surface area (Å²) in [6, 6.07) is 13.7. The second kappa shape index (κ2) is 9.93. The van der Waals surface area contributed by atoms with Crippen LogP contribution in [0, 0.1) is 0 Å². The summed E-state index contributed by atoms with van der Waals surface area (Å²) in [4.78, 5) is 35.6. The van der Waals surface area contributed by atoms with Gasteiger partial charge in [-0.3, -0.25) is 14.4 Å². The van der Waals surface area contributed by atoms with Crippen molar-refractivity contribution in [3.63, 3.8) is 0 Å². The van der Waals surface area contributed by atoms with Crippen LogP contribution in [-0.2, 0) is 14.3 Å². The first-order chi connectivity index (χ1) is 14.0. The van der Waals surface area contributed by atoms with Gasteiger partial charge in [-0.05, 0) is 36.4 Å². The minimum Gasteiger partial charge on any atom is -0.486 e. The first-order valence-electron chi connectivity index (χ1n) is 9.11. The molecule has 1 N–H and O–H groups in total. The molecule has 152 valence electrons. The Morgan fingerprint density at radius 2 is 1.76 bits per heavy atom. The number of hydrogen-bond acceptors (Lipinski definition) is 6. The summed E-state index contributed by atoms with van der Waals surface area (Å²) in [5, 5.41) is 3.16. The summed E-state index contributed by atoms with van der Waals surface area (Å²) in [7, 11) is 0. The van der Waals surface area contributed by atoms with Gasteiger partial charge in [-0.1, -0.05) is 23.7 Å². The zero-order valence-corrected chi connectivity index (χ0v) is 16.3. The number of carbonyl (C=O) groups is 3. The van der Waals surface area contributed by atoms with Crippen LogP contribution in [-0.4, -0.2) is 43.5 Å². The van der Waals surface area contributed by atoms with E-state index < -0.39 is 18.5 Å². The predicted octanol–water partition coefficient (Wildman–Crippen LogP) is 2.80. The van der Waals surface area contributed by atoms with Gasteiger partial charge in [-0.25, -0.2) is 0 Å². The van der Waals surface area contributed by atoms with E-state index in [9.17, 15) is 14.4 Å². The van der Waals surface area contributed by atoms with E-state index in [4.69, 9.17) is 25.8 Å². The molecule has 29 heavy (non-hydrogen) atoms. The van der Waals surface area contributed by atoms with Crippen molar-refractivity contribution >= 4 is 29.3 Å². The molecule has 7 nitrogen and oxygen atoms in total. The molecule has 1 atom stereocenters. The van der Waals surface area contributed by atoms with Gasteiger partial charge >= 0.3 is 5.97 Å². The zero-order valence-electron chi connectivity index (χ0n) is 15.6. The molecule has 0 saturated heterocycles. The van der Waals surface area contributed by atoms with E-state index in [1.54, 1.807) is 36.4 Å². The Hall–Kier alpha value is -3.06. The lowest BCUT2D eigenvalue weighted by Gasteiger charge is -2.26. The van der Waals surface area contributed by atoms with Crippen molar-refractivity contribution < 1.29 is 28.6 Å². The topological polar surface area (TPSA) is 90.9 Å². The highest BCUT2D eigenvalue weighted by atomic mass is 35.5. The molecule has 1 amide bonds. The van der Waals surface area contributed by atoms with Crippen LogP contribution in [0.3, 0.4) is 0 Å². The van der Waals surface area contributed by atoms with Crippen molar-refractivity contribution in [2.45, 2.75) is 18.9 Å². The van der Waals surface area contributed by atoms with Crippen LogP contribution >= 0.6 is 11.6 Å². The van der Waals surface area contributed by atoms with Crippen LogP contribution in [0.1, 0.15) is 23.2 Å². The largest absolute Gasteiger partial charge is 0.486 e. The first kappa shape index (κ1) is 20.7. The lowest BCUT2D eigenvalue weighted by Crippen LogP contribution is -2.42. The van der Waals surface area contributed by atoms with Gasteiger partial charge in [0.15, 0.2) is 23.9 Å². The second-order valence-corrected chi connectivity index (χ2v) is 6.83. The predicted molar refractivity (Wildman–Crippen MR) is 105 cm³/mol. The van der Waals surface area contributed by atoms with Crippen LogP contribution in [0.2, 0.25) is 5.02 Å². The Bertz CT molecular complexity index is 883. The molecule has 2 aromatic rings. The Balaban J connectivity index is 1.32. The quantitative estimate of drug-likeness (QED) is 0.524. The molecular formula is C21H20ClNO6. The second-order valence-electron chi connectivity index (χ2n) is 6.39. The van der Waals surface area contributed by atoms with E-state index in [1.807, 2.05) is 12.1 Å². The number of rotatable bonds is 8. The molecule has 2 aromatic carbocycles. The summed E-state index contributed by atoms with van der Waals surface area (Å²) in [5.74, 6) is 0.0169. The summed E-state index contributed by atoms with van der Waals surface area (Å²) >= 11 is 5.77. The highest BCUT2D eigenvalue weighted by Gasteiger charge is 2.21. The highest BCUT2D eigenvalue weighted by molar-refractivity contribution is 6.30. The number of hydrogen-bond donors (Lipinski definition) is 1. The van der Waals surface area contributed by atoms with Crippen LogP contribution in [0.25, 0.3) is 0 Å². The number of nitrogens with one attached hydrogen (secondary N) is 1. The van der Waals surface area contributed by atoms with Crippen molar-refractivity contribution in [2.75, 3.05) is 19.8 Å². The zero-order chi connectivity index (χ0) is 20.6. The molecule has 0 radical (unpaired) electrons. The molecule has 0 bridgehead atoms. The van der Waals surface area contributed by atoms with Gasteiger partial charge in [0.05, 0.1) is 13.0 Å². The number of halogens is 1. The van der Waals surface area contributed by atoms with E-state index in [0.717, 1.165) is 0 Å². The molecule has 0 aromatic heterocycles. The van der Waals surface area contributed by atoms with Gasteiger partial charge in [0.1, 0.15) is 12.7 Å². The van der Waals surface area contributed by atoms with Gasteiger partial charge in [0.25, 0.3) is 5.91 Å². The van der Waals surface area contributed by atoms with E-state index in [2.05, 4.69) is 5.32 Å². The Morgan fingerprint density at radius 1 is 1.03 bits per heavy atom. The third-order valence-electron chi connectivity index (χ3n) is 4.18. The molecule has 1 aliphatic rings. The average molecular weight is 418 g/mol. The molecular weight excluding hydrogens is 398 g/mol. The maximum Gasteiger partial charge on any atom is 0.306 e. The normalized spacial score (nSPS) is 14.7. The van der Waals surface area contributed by atoms with E-state index in [-0.39, 0.29) is 31.3 Å². The molecule has 0 fully saturated rings. The molecule has 0 aliphatic carbocycles. The highest BCUT2D eigenvalue weighted by Crippen LogP contribution is 2.30. The lowest BCUT2D eigenvalue weighted by molar-refractivity contribution is -0.148. The number of benzene rings is 2. The van der Waals surface area contributed by atoms with Gasteiger partial charge < -0.3 is 19.5 Å². The van der Waals surface area contributed by atoms with Crippen LogP contribution in [0.5, 0.6) is 11.5 Å². The fraction of sp³-hybridized carbons (Fsp3) is 0.286. The van der Waals surface area contributed by atoms with E-state index >= 15 is 0 Å². The molecule has 0 saturated carbocycles. The van der Waals surface area contributed by atoms with E-state index in [0.29, 0.717) is 28.7 Å². The first-order valence-corrected chi connectivity index (χ1v) is 9.48. The number of carbonyl (C=O) groups excluding carboxylic acids is 3. The fourth-order valence-electron chi connectivity index (χ4n) is 2.66. The average Bonchev–Trinajstić information content (AvgIpc) is 2.75. The summed E-state index contributed by atoms with van der Waals surface area (Å²) in [6.45, 7) is 0.113. The molecule has 1 heterocycles. The Morgan fingerprint density at radius 3 is 2.52 bits per heavy atom. The Labute approximate surface area is 172 Å². The minimum atomic E-state index is -0.617. The van der Waals surface area contributed by atoms with Crippen molar-refractivity contribution in [3.8, 4) is 11.5 Å². The van der Waals surface area contributed by atoms with Gasteiger partial charge in [-0.15, -0.1) is 0 Å². The summed E-state index contributed by atoms with van der Waals surface area (Å²) in [5.41, 5.74) is 0.469. The summed E-state index contributed by atoms with van der Waals surface area (Å²) in [6.07, 6.45) is -0.443. The maximum atomic E-state index is 12.0. The number of para-hydroxylation sites is 2. The minimum absolute atomic E-state index is 0.00521. The number of ether oxygens (including phenoxy) is 3. The molecule has 0 unspecified atom stereocenters. The summed E-state index contributed by atoms with van der Waals surface area (Å²) < 4.78 is 16.2. The third kappa shape index (κ3) is 6.22. The number of amides is 1. The maximum absolute atomic E-state index is 12.0. The van der Waals surface area contributed by atoms with Crippen molar-refractivity contribution in [3.05, 3.63) is 59.1 Å². The molecule has 8 heteroatoms. The van der Waals surface area contributed by atoms with Crippen LogP contribution in [0.15, 0.2) is 48.5 Å². The van der Waals surface area contributed by atoms with Gasteiger partial charge in [0, 0.05) is 17.0 Å². The third-order valence-corrected chi connectivity index (χ3v) is 4.43. The molecule has 0 spiro atoms. The van der Waals surface area contributed by atoms with E-state index in [1.165, 1.54) is 0 Å². The number of fused-ring (bicyclic) bond motifs is 1. The van der Waals surface area contributed by atoms with Crippen molar-refractivity contribution in [2.24, 2.45) is 0 Å². The van der Waals surface area contributed by atoms with Crippen molar-refractivity contribution in [1.29, 1.82) is 0 Å². The van der Waals surface area contributed by atoms with Crippen molar-refractivity contribution in [1.82, 2.24) is 5.32 Å². The van der Waals surface area contributed by atoms with Gasteiger partial charge in [-0.2, -0.15) is 0 Å².